The van der Waals surface area contributed by atoms with E-state index < -0.39 is 0 Å². The highest BCUT2D eigenvalue weighted by molar-refractivity contribution is 5.99. The third-order valence-corrected chi connectivity index (χ3v) is 8.22. The third-order valence-electron chi connectivity index (χ3n) is 8.22. The van der Waals surface area contributed by atoms with Gasteiger partial charge in [-0.15, -0.1) is 13.2 Å². The Hall–Kier alpha value is -2.10. The van der Waals surface area contributed by atoms with Crippen LogP contribution in [0, 0.1) is 22.7 Å². The quantitative estimate of drug-likeness (QED) is 0.374. The van der Waals surface area contributed by atoms with Crippen LogP contribution in [0.1, 0.15) is 94.5 Å². The molecule has 32 heavy (non-hydrogen) atoms. The summed E-state index contributed by atoms with van der Waals surface area (Å²) in [7, 11) is 3.09. The average Bonchev–Trinajstić information content (AvgIpc) is 3.22. The number of fused-ring (bicyclic) bond motifs is 5. The number of rotatable bonds is 3. The number of esters is 1. The van der Waals surface area contributed by atoms with Gasteiger partial charge in [0, 0.05) is 12.0 Å². The molecule has 178 valence electrons. The van der Waals surface area contributed by atoms with Crippen LogP contribution in [0.4, 0.5) is 0 Å². The van der Waals surface area contributed by atoms with Crippen molar-refractivity contribution in [3.05, 3.63) is 42.5 Å². The number of hydrogen-bond donors (Lipinski definition) is 0. The van der Waals surface area contributed by atoms with Crippen LogP contribution >= 0.6 is 0 Å². The van der Waals surface area contributed by atoms with Gasteiger partial charge in [0.15, 0.2) is 5.78 Å². The lowest BCUT2D eigenvalue weighted by Gasteiger charge is -2.48. The van der Waals surface area contributed by atoms with Gasteiger partial charge in [-0.25, -0.2) is 0 Å². The second-order valence-corrected chi connectivity index (χ2v) is 10.3. The number of Topliss-reactive ketones (excluding diaryl/α,β-unsaturated/α-hetero) is 1. The molecule has 0 bridgehead atoms. The number of hydrogen-bond acceptors (Lipinski definition) is 4. The van der Waals surface area contributed by atoms with Gasteiger partial charge in [0.1, 0.15) is 5.75 Å². The summed E-state index contributed by atoms with van der Waals surface area (Å²) in [4.78, 5) is 23.5. The van der Waals surface area contributed by atoms with Crippen molar-refractivity contribution in [1.82, 2.24) is 0 Å². The van der Waals surface area contributed by atoms with E-state index in [2.05, 4.69) is 30.9 Å². The van der Waals surface area contributed by atoms with Gasteiger partial charge < -0.3 is 9.47 Å². The first-order valence-corrected chi connectivity index (χ1v) is 12.0. The molecule has 4 nitrogen and oxygen atoms in total. The zero-order valence-electron chi connectivity index (χ0n) is 21.0. The lowest BCUT2D eigenvalue weighted by molar-refractivity contribution is -0.150. The summed E-state index contributed by atoms with van der Waals surface area (Å²) in [6.07, 6.45) is 8.21. The van der Waals surface area contributed by atoms with Crippen LogP contribution in [-0.2, 0) is 9.53 Å². The summed E-state index contributed by atoms with van der Waals surface area (Å²) in [5.74, 6) is 2.95. The Morgan fingerprint density at radius 1 is 1.19 bits per heavy atom. The van der Waals surface area contributed by atoms with Gasteiger partial charge in [-0.2, -0.15) is 0 Å². The molecule has 0 radical (unpaired) electrons. The van der Waals surface area contributed by atoms with Crippen LogP contribution in [0.15, 0.2) is 31.4 Å². The number of carbonyl (C=O) groups is 2. The summed E-state index contributed by atoms with van der Waals surface area (Å²) < 4.78 is 9.86. The average molecular weight is 443 g/mol. The maximum absolute atomic E-state index is 12.6. The lowest BCUT2D eigenvalue weighted by Crippen LogP contribution is -2.41. The Kier molecular flexibility index (Phi) is 8.73. The molecular formula is C28H42O4. The number of benzene rings is 1. The van der Waals surface area contributed by atoms with Gasteiger partial charge in [0.25, 0.3) is 0 Å². The highest BCUT2D eigenvalue weighted by atomic mass is 16.5. The molecule has 4 heteroatoms. The standard InChI is InChI=1S/C19H24O2.C7H14O2.C2H4/c1-19-8-3-4-17(19)15-11-18(20)16-10-12(21-2)5-6-13(16)14(15)7-9-19;1-5-7(2,3)6(8)9-4;1-2/h5-6,10,14-15,17H,3-4,7-9,11H2,1-2H3;5H2,1-4H3;1-2H2/t14?,15?,17?,19-;;/m0../s1. The molecule has 3 unspecified atom stereocenters. The SMILES string of the molecule is C=C.CCC(C)(C)C(=O)OC.COc1ccc2c(c1)C(=O)CC1C2CC[C@]2(C)CCCC12. The van der Waals surface area contributed by atoms with Gasteiger partial charge in [-0.1, -0.05) is 26.3 Å². The molecular weight excluding hydrogens is 400 g/mol. The van der Waals surface area contributed by atoms with Crippen molar-refractivity contribution in [2.75, 3.05) is 14.2 Å². The van der Waals surface area contributed by atoms with Gasteiger partial charge in [-0.3, -0.25) is 9.59 Å². The van der Waals surface area contributed by atoms with Crippen LogP contribution in [0.5, 0.6) is 5.75 Å². The van der Waals surface area contributed by atoms with Crippen molar-refractivity contribution in [3.8, 4) is 5.75 Å². The van der Waals surface area contributed by atoms with E-state index in [9.17, 15) is 9.59 Å². The molecule has 3 aliphatic carbocycles. The van der Waals surface area contributed by atoms with Crippen molar-refractivity contribution >= 4 is 11.8 Å². The molecule has 4 atom stereocenters. The molecule has 4 rings (SSSR count). The molecule has 0 N–H and O–H groups in total. The van der Waals surface area contributed by atoms with Crippen molar-refractivity contribution < 1.29 is 19.1 Å². The molecule has 3 aliphatic rings. The fourth-order valence-electron chi connectivity index (χ4n) is 5.92. The molecule has 0 spiro atoms. The van der Waals surface area contributed by atoms with E-state index in [1.807, 2.05) is 32.9 Å². The van der Waals surface area contributed by atoms with E-state index in [-0.39, 0.29) is 11.4 Å². The number of ether oxygens (including phenoxy) is 2. The molecule has 0 aromatic heterocycles. The van der Waals surface area contributed by atoms with E-state index in [1.54, 1.807) is 7.11 Å². The number of ketones is 1. The van der Waals surface area contributed by atoms with Crippen LogP contribution in [0.25, 0.3) is 0 Å². The van der Waals surface area contributed by atoms with Crippen LogP contribution in [0.2, 0.25) is 0 Å². The van der Waals surface area contributed by atoms with Crippen LogP contribution in [0.3, 0.4) is 0 Å². The minimum absolute atomic E-state index is 0.134. The smallest absolute Gasteiger partial charge is 0.311 e. The second kappa shape index (κ2) is 10.7. The highest BCUT2D eigenvalue weighted by Gasteiger charge is 2.51. The first-order chi connectivity index (χ1) is 15.2. The normalized spacial score (nSPS) is 27.9. The van der Waals surface area contributed by atoms with E-state index in [1.165, 1.54) is 44.8 Å². The number of carbonyl (C=O) groups excluding carboxylic acids is 2. The first kappa shape index (κ1) is 26.2. The van der Waals surface area contributed by atoms with E-state index in [4.69, 9.17) is 4.74 Å². The lowest BCUT2D eigenvalue weighted by atomic mass is 9.55. The maximum Gasteiger partial charge on any atom is 0.311 e. The zero-order chi connectivity index (χ0) is 24.1. The second-order valence-electron chi connectivity index (χ2n) is 10.3. The van der Waals surface area contributed by atoms with Gasteiger partial charge >= 0.3 is 5.97 Å². The monoisotopic (exact) mass is 442 g/mol. The van der Waals surface area contributed by atoms with Crippen molar-refractivity contribution in [1.29, 1.82) is 0 Å². The fraction of sp³-hybridized carbons (Fsp3) is 0.643. The Bertz CT molecular complexity index is 812. The summed E-state index contributed by atoms with van der Waals surface area (Å²) >= 11 is 0. The molecule has 0 saturated heterocycles. The Morgan fingerprint density at radius 3 is 2.44 bits per heavy atom. The molecule has 2 saturated carbocycles. The summed E-state index contributed by atoms with van der Waals surface area (Å²) in [6.45, 7) is 14.2. The molecule has 1 aromatic rings. The minimum Gasteiger partial charge on any atom is -0.497 e. The van der Waals surface area contributed by atoms with Gasteiger partial charge in [0.2, 0.25) is 0 Å². The molecule has 0 heterocycles. The topological polar surface area (TPSA) is 52.6 Å². The van der Waals surface area contributed by atoms with Gasteiger partial charge in [0.05, 0.1) is 19.6 Å². The van der Waals surface area contributed by atoms with Crippen LogP contribution < -0.4 is 4.74 Å². The van der Waals surface area contributed by atoms with Crippen molar-refractivity contribution in [2.24, 2.45) is 22.7 Å². The fourth-order valence-corrected chi connectivity index (χ4v) is 5.92. The Balaban J connectivity index is 0.000000282. The summed E-state index contributed by atoms with van der Waals surface area (Å²) in [6, 6.07) is 6.13. The minimum atomic E-state index is -0.311. The Labute approximate surface area is 194 Å². The van der Waals surface area contributed by atoms with E-state index in [0.717, 1.165) is 30.1 Å². The highest BCUT2D eigenvalue weighted by Crippen LogP contribution is 2.60. The molecule has 0 amide bonds. The van der Waals surface area contributed by atoms with Crippen LogP contribution in [-0.4, -0.2) is 26.0 Å². The molecule has 0 aliphatic heterocycles. The summed E-state index contributed by atoms with van der Waals surface area (Å²) in [5, 5.41) is 0. The zero-order valence-corrected chi connectivity index (χ0v) is 21.0. The summed E-state index contributed by atoms with van der Waals surface area (Å²) in [5.41, 5.74) is 2.42. The van der Waals surface area contributed by atoms with E-state index in [0.29, 0.717) is 23.0 Å². The molecule has 2 fully saturated rings. The Morgan fingerprint density at radius 2 is 1.88 bits per heavy atom. The predicted molar refractivity (Wildman–Crippen MR) is 130 cm³/mol. The van der Waals surface area contributed by atoms with Crippen molar-refractivity contribution in [3.63, 3.8) is 0 Å². The predicted octanol–water partition coefficient (Wildman–Crippen LogP) is 6.98. The maximum atomic E-state index is 12.6. The van der Waals surface area contributed by atoms with Crippen molar-refractivity contribution in [2.45, 2.75) is 78.6 Å². The third kappa shape index (κ3) is 5.10. The van der Waals surface area contributed by atoms with E-state index >= 15 is 0 Å². The van der Waals surface area contributed by atoms with Gasteiger partial charge in [-0.05, 0) is 86.8 Å². The molecule has 1 aromatic carbocycles. The first-order valence-electron chi connectivity index (χ1n) is 12.0. The largest absolute Gasteiger partial charge is 0.497 e. The number of methoxy groups -OCH3 is 2.